The van der Waals surface area contributed by atoms with E-state index < -0.39 is 0 Å². The first-order valence-electron chi connectivity index (χ1n) is 6.08. The summed E-state index contributed by atoms with van der Waals surface area (Å²) in [6.07, 6.45) is 0.992. The molecule has 0 aliphatic carbocycles. The summed E-state index contributed by atoms with van der Waals surface area (Å²) >= 11 is 6.24. The van der Waals surface area contributed by atoms with Gasteiger partial charge in [0, 0.05) is 18.7 Å². The quantitative estimate of drug-likeness (QED) is 0.703. The summed E-state index contributed by atoms with van der Waals surface area (Å²) < 4.78 is 0. The van der Waals surface area contributed by atoms with E-state index >= 15 is 0 Å². The van der Waals surface area contributed by atoms with Crippen molar-refractivity contribution >= 4 is 17.5 Å². The van der Waals surface area contributed by atoms with E-state index in [1.165, 1.54) is 0 Å². The number of nitrogens with zero attached hydrogens (tertiary/aromatic N) is 1. The van der Waals surface area contributed by atoms with Crippen LogP contribution in [-0.4, -0.2) is 29.3 Å². The van der Waals surface area contributed by atoms with E-state index in [4.69, 9.17) is 11.6 Å². The van der Waals surface area contributed by atoms with Gasteiger partial charge >= 0.3 is 0 Å². The summed E-state index contributed by atoms with van der Waals surface area (Å²) in [6, 6.07) is 7.72. The van der Waals surface area contributed by atoms with Crippen LogP contribution in [0.4, 0.5) is 0 Å². The fourth-order valence-electron chi connectivity index (χ4n) is 2.19. The average Bonchev–Trinajstić information content (AvgIpc) is 2.32. The molecule has 2 rings (SSSR count). The monoisotopic (exact) mass is 251 g/mol. The molecule has 0 aromatic heterocycles. The van der Waals surface area contributed by atoms with Gasteiger partial charge in [-0.3, -0.25) is 4.79 Å². The van der Waals surface area contributed by atoms with Crippen molar-refractivity contribution in [3.05, 3.63) is 35.4 Å². The third kappa shape index (κ3) is 2.63. The maximum Gasteiger partial charge on any atom is 0.254 e. The first kappa shape index (κ1) is 12.4. The van der Waals surface area contributed by atoms with Crippen LogP contribution in [0.25, 0.3) is 0 Å². The van der Waals surface area contributed by atoms with E-state index in [0.29, 0.717) is 12.5 Å². The van der Waals surface area contributed by atoms with Crippen LogP contribution in [0.15, 0.2) is 24.3 Å². The van der Waals surface area contributed by atoms with Crippen LogP contribution in [-0.2, 0) is 0 Å². The first-order chi connectivity index (χ1) is 8.09. The fraction of sp³-hybridized carbons (Fsp3) is 0.500. The minimum absolute atomic E-state index is 0.0803. The molecular formula is C14H18ClNO. The van der Waals surface area contributed by atoms with E-state index in [2.05, 4.69) is 6.92 Å². The number of carbonyl (C=O) groups excluding carboxylic acids is 1. The summed E-state index contributed by atoms with van der Waals surface area (Å²) in [6.45, 7) is 5.60. The highest BCUT2D eigenvalue weighted by molar-refractivity contribution is 6.21. The molecular weight excluding hydrogens is 234 g/mol. The summed E-state index contributed by atoms with van der Waals surface area (Å²) in [5.74, 6) is 0.609. The Balaban J connectivity index is 2.14. The molecule has 1 aromatic carbocycles. The molecule has 1 aliphatic rings. The third-order valence-corrected chi connectivity index (χ3v) is 4.10. The minimum Gasteiger partial charge on any atom is -0.337 e. The Labute approximate surface area is 108 Å². The van der Waals surface area contributed by atoms with Gasteiger partial charge in [-0.15, -0.1) is 11.6 Å². The molecule has 1 amide bonds. The Morgan fingerprint density at radius 2 is 2.12 bits per heavy atom. The van der Waals surface area contributed by atoms with Crippen LogP contribution in [0.3, 0.4) is 0 Å². The Morgan fingerprint density at radius 1 is 1.41 bits per heavy atom. The van der Waals surface area contributed by atoms with Gasteiger partial charge in [-0.1, -0.05) is 25.1 Å². The first-order valence-corrected chi connectivity index (χ1v) is 6.52. The number of benzene rings is 1. The largest absolute Gasteiger partial charge is 0.337 e. The van der Waals surface area contributed by atoms with E-state index in [1.807, 2.05) is 36.1 Å². The highest BCUT2D eigenvalue weighted by Gasteiger charge is 2.28. The zero-order chi connectivity index (χ0) is 12.4. The van der Waals surface area contributed by atoms with E-state index in [1.54, 1.807) is 0 Å². The SMILES string of the molecule is Cc1ccccc1C(=O)N1CCC(C)C(Cl)C1. The van der Waals surface area contributed by atoms with Gasteiger partial charge in [0.25, 0.3) is 5.91 Å². The van der Waals surface area contributed by atoms with Crippen molar-refractivity contribution in [3.8, 4) is 0 Å². The maximum absolute atomic E-state index is 12.3. The number of carbonyl (C=O) groups is 1. The van der Waals surface area contributed by atoms with E-state index in [9.17, 15) is 4.79 Å². The lowest BCUT2D eigenvalue weighted by molar-refractivity contribution is 0.0700. The summed E-state index contributed by atoms with van der Waals surface area (Å²) in [4.78, 5) is 14.2. The second-order valence-electron chi connectivity index (χ2n) is 4.85. The molecule has 3 heteroatoms. The lowest BCUT2D eigenvalue weighted by Crippen LogP contribution is -2.44. The van der Waals surface area contributed by atoms with Crippen LogP contribution >= 0.6 is 11.6 Å². The minimum atomic E-state index is 0.0803. The molecule has 2 unspecified atom stereocenters. The molecule has 0 N–H and O–H groups in total. The predicted molar refractivity (Wildman–Crippen MR) is 70.5 cm³/mol. The average molecular weight is 252 g/mol. The van der Waals surface area contributed by atoms with Crippen LogP contribution in [0.1, 0.15) is 29.3 Å². The predicted octanol–water partition coefficient (Wildman–Crippen LogP) is 3.08. The van der Waals surface area contributed by atoms with E-state index in [-0.39, 0.29) is 11.3 Å². The smallest absolute Gasteiger partial charge is 0.254 e. The van der Waals surface area contributed by atoms with Gasteiger partial charge in [0.2, 0.25) is 0 Å². The summed E-state index contributed by atoms with van der Waals surface area (Å²) in [5, 5.41) is 0.0803. The molecule has 17 heavy (non-hydrogen) atoms. The second-order valence-corrected chi connectivity index (χ2v) is 5.41. The molecule has 1 fully saturated rings. The number of aryl methyl sites for hydroxylation is 1. The Hall–Kier alpha value is -1.02. The van der Waals surface area contributed by atoms with Gasteiger partial charge < -0.3 is 4.90 Å². The molecule has 0 spiro atoms. The lowest BCUT2D eigenvalue weighted by Gasteiger charge is -2.34. The highest BCUT2D eigenvalue weighted by Crippen LogP contribution is 2.23. The molecule has 0 saturated carbocycles. The van der Waals surface area contributed by atoms with Crippen LogP contribution in [0, 0.1) is 12.8 Å². The molecule has 0 radical (unpaired) electrons. The topological polar surface area (TPSA) is 20.3 Å². The van der Waals surface area contributed by atoms with Crippen molar-refractivity contribution in [3.63, 3.8) is 0 Å². The number of rotatable bonds is 1. The Bertz CT molecular complexity index is 418. The molecule has 1 saturated heterocycles. The van der Waals surface area contributed by atoms with Crippen molar-refractivity contribution in [1.82, 2.24) is 4.90 Å². The summed E-state index contributed by atoms with van der Waals surface area (Å²) in [5.41, 5.74) is 1.83. The second kappa shape index (κ2) is 5.09. The number of likely N-dealkylation sites (tertiary alicyclic amines) is 1. The van der Waals surface area contributed by atoms with Crippen LogP contribution in [0.2, 0.25) is 0 Å². The van der Waals surface area contributed by atoms with Gasteiger partial charge in [-0.2, -0.15) is 0 Å². The van der Waals surface area contributed by atoms with Gasteiger partial charge in [-0.05, 0) is 30.9 Å². The molecule has 1 aliphatic heterocycles. The van der Waals surface area contributed by atoms with Gasteiger partial charge in [0.1, 0.15) is 0 Å². The third-order valence-electron chi connectivity index (χ3n) is 3.53. The zero-order valence-electron chi connectivity index (χ0n) is 10.3. The number of piperidine rings is 1. The van der Waals surface area contributed by atoms with Crippen molar-refractivity contribution in [2.75, 3.05) is 13.1 Å². The number of amides is 1. The number of halogens is 1. The molecule has 2 nitrogen and oxygen atoms in total. The maximum atomic E-state index is 12.3. The zero-order valence-corrected chi connectivity index (χ0v) is 11.1. The van der Waals surface area contributed by atoms with Crippen LogP contribution < -0.4 is 0 Å². The molecule has 0 bridgehead atoms. The molecule has 92 valence electrons. The standard InChI is InChI=1S/C14H18ClNO/c1-10-5-3-4-6-12(10)14(17)16-8-7-11(2)13(15)9-16/h3-6,11,13H,7-9H2,1-2H3. The Kier molecular flexibility index (Phi) is 3.72. The van der Waals surface area contributed by atoms with Crippen LogP contribution in [0.5, 0.6) is 0 Å². The number of hydrogen-bond donors (Lipinski definition) is 0. The van der Waals surface area contributed by atoms with Crippen molar-refractivity contribution in [1.29, 1.82) is 0 Å². The molecule has 1 aromatic rings. The van der Waals surface area contributed by atoms with Crippen molar-refractivity contribution < 1.29 is 4.79 Å². The van der Waals surface area contributed by atoms with Crippen molar-refractivity contribution in [2.45, 2.75) is 25.6 Å². The van der Waals surface area contributed by atoms with Gasteiger partial charge in [-0.25, -0.2) is 0 Å². The number of hydrogen-bond acceptors (Lipinski definition) is 1. The van der Waals surface area contributed by atoms with Crippen molar-refractivity contribution in [2.24, 2.45) is 5.92 Å². The fourth-order valence-corrected chi connectivity index (χ4v) is 2.48. The lowest BCUT2D eigenvalue weighted by atomic mass is 9.97. The highest BCUT2D eigenvalue weighted by atomic mass is 35.5. The number of alkyl halides is 1. The summed E-state index contributed by atoms with van der Waals surface area (Å²) in [7, 11) is 0. The Morgan fingerprint density at radius 3 is 2.76 bits per heavy atom. The van der Waals surface area contributed by atoms with E-state index in [0.717, 1.165) is 24.1 Å². The van der Waals surface area contributed by atoms with Gasteiger partial charge in [0.15, 0.2) is 0 Å². The van der Waals surface area contributed by atoms with Gasteiger partial charge in [0.05, 0.1) is 5.38 Å². The molecule has 1 heterocycles. The molecule has 2 atom stereocenters. The normalized spacial score (nSPS) is 24.8.